The first-order valence-electron chi connectivity index (χ1n) is 13.4. The van der Waals surface area contributed by atoms with Crippen LogP contribution < -0.4 is 19.8 Å². The number of rotatable bonds is 8. The quantitative estimate of drug-likeness (QED) is 0.184. The molecule has 6 aromatic rings. The van der Waals surface area contributed by atoms with E-state index in [0.717, 1.165) is 18.4 Å². The van der Waals surface area contributed by atoms with Gasteiger partial charge in [-0.3, -0.25) is 4.79 Å². The highest BCUT2D eigenvalue weighted by Gasteiger charge is 2.23. The SMILES string of the molecule is COc1ccc(-c2c3c4cc(O)c(OCCCN(C)C)cc4[nH]c(=O)c3n3ccc4cc(O)c(OC)cc4c23)cc1O. The standard InChI is InChI=1S/C32H31N3O7/c1-34(2)9-5-11-42-27-16-21-20(14-24(27)38)29-28(18-6-7-25(40-3)22(36)13-18)30-19-15-26(41-4)23(37)12-17(19)8-10-35(30)31(29)32(39)33-21/h6-8,10,12-16,36-38H,5,9,11H2,1-4H3,(H,33,39). The molecule has 0 amide bonds. The summed E-state index contributed by atoms with van der Waals surface area (Å²) in [6, 6.07) is 13.4. The second-order valence-electron chi connectivity index (χ2n) is 10.5. The van der Waals surface area contributed by atoms with Crippen molar-refractivity contribution in [1.82, 2.24) is 14.3 Å². The Morgan fingerprint density at radius 1 is 0.833 bits per heavy atom. The molecular weight excluding hydrogens is 538 g/mol. The minimum atomic E-state index is -0.342. The zero-order valence-electron chi connectivity index (χ0n) is 23.7. The summed E-state index contributed by atoms with van der Waals surface area (Å²) >= 11 is 0. The Morgan fingerprint density at radius 2 is 1.57 bits per heavy atom. The lowest BCUT2D eigenvalue weighted by Crippen LogP contribution is -2.15. The molecule has 0 bridgehead atoms. The van der Waals surface area contributed by atoms with E-state index in [1.165, 1.54) is 14.2 Å². The van der Waals surface area contributed by atoms with E-state index in [2.05, 4.69) is 9.88 Å². The van der Waals surface area contributed by atoms with Crippen LogP contribution in [0.15, 0.2) is 59.5 Å². The van der Waals surface area contributed by atoms with Gasteiger partial charge in [0.2, 0.25) is 0 Å². The zero-order valence-corrected chi connectivity index (χ0v) is 23.7. The maximum atomic E-state index is 13.7. The topological polar surface area (TPSA) is 129 Å². The van der Waals surface area contributed by atoms with Crippen molar-refractivity contribution in [2.75, 3.05) is 41.5 Å². The van der Waals surface area contributed by atoms with Gasteiger partial charge in [-0.25, -0.2) is 0 Å². The number of methoxy groups -OCH3 is 2. The molecule has 216 valence electrons. The fraction of sp³-hybridized carbons (Fsp3) is 0.219. The normalized spacial score (nSPS) is 11.7. The summed E-state index contributed by atoms with van der Waals surface area (Å²) in [5.41, 5.74) is 2.43. The third-order valence-electron chi connectivity index (χ3n) is 7.52. The third kappa shape index (κ3) is 4.36. The number of aromatic hydroxyl groups is 3. The lowest BCUT2D eigenvalue weighted by Gasteiger charge is -2.13. The maximum Gasteiger partial charge on any atom is 0.273 e. The van der Waals surface area contributed by atoms with Gasteiger partial charge in [0.05, 0.1) is 31.9 Å². The molecule has 0 unspecified atom stereocenters. The second kappa shape index (κ2) is 10.4. The largest absolute Gasteiger partial charge is 0.504 e. The van der Waals surface area contributed by atoms with Gasteiger partial charge < -0.3 is 43.8 Å². The van der Waals surface area contributed by atoms with E-state index in [0.29, 0.717) is 56.2 Å². The number of aromatic amines is 1. The lowest BCUT2D eigenvalue weighted by atomic mass is 9.97. The molecule has 0 fully saturated rings. The van der Waals surface area contributed by atoms with Crippen LogP contribution >= 0.6 is 0 Å². The first kappa shape index (κ1) is 27.1. The number of ether oxygens (including phenoxy) is 3. The summed E-state index contributed by atoms with van der Waals surface area (Å²) in [5, 5.41) is 34.8. The summed E-state index contributed by atoms with van der Waals surface area (Å²) in [7, 11) is 6.90. The number of H-pyrrole nitrogens is 1. The van der Waals surface area contributed by atoms with Crippen LogP contribution in [-0.2, 0) is 0 Å². The van der Waals surface area contributed by atoms with Crippen LogP contribution in [0.25, 0.3) is 49.2 Å². The molecule has 0 saturated heterocycles. The Balaban J connectivity index is 1.72. The number of aromatic nitrogens is 2. The number of hydrogen-bond acceptors (Lipinski definition) is 8. The van der Waals surface area contributed by atoms with E-state index in [-0.39, 0.29) is 34.3 Å². The molecule has 0 aliphatic heterocycles. The fourth-order valence-electron chi connectivity index (χ4n) is 5.60. The van der Waals surface area contributed by atoms with E-state index in [1.54, 1.807) is 53.1 Å². The summed E-state index contributed by atoms with van der Waals surface area (Å²) in [5.74, 6) is 0.713. The van der Waals surface area contributed by atoms with Crippen molar-refractivity contribution in [2.24, 2.45) is 0 Å². The number of fused-ring (bicyclic) bond motifs is 7. The molecule has 0 spiro atoms. The molecule has 3 aromatic heterocycles. The number of benzene rings is 3. The first-order chi connectivity index (χ1) is 20.2. The Bertz CT molecular complexity index is 2060. The number of phenols is 3. The van der Waals surface area contributed by atoms with E-state index in [9.17, 15) is 20.1 Å². The number of hydrogen-bond donors (Lipinski definition) is 4. The molecule has 4 N–H and O–H groups in total. The summed E-state index contributed by atoms with van der Waals surface area (Å²) in [4.78, 5) is 18.8. The van der Waals surface area contributed by atoms with Gasteiger partial charge in [0, 0.05) is 40.5 Å². The van der Waals surface area contributed by atoms with Crippen molar-refractivity contribution < 1.29 is 29.5 Å². The number of nitrogens with one attached hydrogen (secondary N) is 1. The smallest absolute Gasteiger partial charge is 0.273 e. The molecule has 0 radical (unpaired) electrons. The molecule has 0 atom stereocenters. The minimum absolute atomic E-state index is 0.0135. The van der Waals surface area contributed by atoms with Crippen LogP contribution in [-0.4, -0.2) is 71.1 Å². The van der Waals surface area contributed by atoms with E-state index in [1.807, 2.05) is 20.2 Å². The molecular formula is C32H31N3O7. The van der Waals surface area contributed by atoms with Crippen molar-refractivity contribution >= 4 is 38.1 Å². The van der Waals surface area contributed by atoms with Crippen LogP contribution in [0, 0.1) is 0 Å². The van der Waals surface area contributed by atoms with E-state index in [4.69, 9.17) is 14.2 Å². The predicted molar refractivity (Wildman–Crippen MR) is 163 cm³/mol. The van der Waals surface area contributed by atoms with Gasteiger partial charge in [-0.15, -0.1) is 0 Å². The van der Waals surface area contributed by atoms with Gasteiger partial charge in [0.25, 0.3) is 5.56 Å². The monoisotopic (exact) mass is 569 g/mol. The fourth-order valence-corrected chi connectivity index (χ4v) is 5.60. The average Bonchev–Trinajstić information content (AvgIpc) is 3.32. The highest BCUT2D eigenvalue weighted by molar-refractivity contribution is 6.22. The van der Waals surface area contributed by atoms with Crippen LogP contribution in [0.3, 0.4) is 0 Å². The van der Waals surface area contributed by atoms with Crippen molar-refractivity contribution in [3.63, 3.8) is 0 Å². The Morgan fingerprint density at radius 3 is 2.29 bits per heavy atom. The maximum absolute atomic E-state index is 13.7. The molecule has 0 aliphatic carbocycles. The van der Waals surface area contributed by atoms with E-state index < -0.39 is 0 Å². The summed E-state index contributed by atoms with van der Waals surface area (Å²) in [6.45, 7) is 1.23. The molecule has 10 heteroatoms. The van der Waals surface area contributed by atoms with Crippen LogP contribution in [0.4, 0.5) is 0 Å². The third-order valence-corrected chi connectivity index (χ3v) is 7.52. The van der Waals surface area contributed by atoms with Gasteiger partial charge >= 0.3 is 0 Å². The number of nitrogens with zero attached hydrogens (tertiary/aromatic N) is 2. The summed E-state index contributed by atoms with van der Waals surface area (Å²) < 4.78 is 18.3. The molecule has 0 saturated carbocycles. The van der Waals surface area contributed by atoms with Crippen molar-refractivity contribution in [1.29, 1.82) is 0 Å². The molecule has 0 aliphatic rings. The van der Waals surface area contributed by atoms with Gasteiger partial charge in [-0.1, -0.05) is 6.07 Å². The van der Waals surface area contributed by atoms with E-state index >= 15 is 0 Å². The van der Waals surface area contributed by atoms with Crippen molar-refractivity contribution in [2.45, 2.75) is 6.42 Å². The van der Waals surface area contributed by atoms with Gasteiger partial charge in [-0.2, -0.15) is 0 Å². The van der Waals surface area contributed by atoms with Crippen molar-refractivity contribution in [3.05, 3.63) is 65.1 Å². The molecule has 6 rings (SSSR count). The van der Waals surface area contributed by atoms with Gasteiger partial charge in [-0.05, 0) is 67.9 Å². The van der Waals surface area contributed by atoms with Gasteiger partial charge in [0.15, 0.2) is 34.5 Å². The molecule has 3 heterocycles. The molecule has 10 nitrogen and oxygen atoms in total. The van der Waals surface area contributed by atoms with Crippen LogP contribution in [0.1, 0.15) is 6.42 Å². The molecule has 3 aromatic carbocycles. The highest BCUT2D eigenvalue weighted by atomic mass is 16.5. The van der Waals surface area contributed by atoms with Crippen LogP contribution in [0.2, 0.25) is 0 Å². The van der Waals surface area contributed by atoms with Crippen LogP contribution in [0.5, 0.6) is 34.5 Å². The van der Waals surface area contributed by atoms with Crippen molar-refractivity contribution in [3.8, 4) is 45.6 Å². The second-order valence-corrected chi connectivity index (χ2v) is 10.5. The average molecular weight is 570 g/mol. The Kier molecular flexibility index (Phi) is 6.70. The lowest BCUT2D eigenvalue weighted by molar-refractivity contribution is 0.271. The Hall–Kier alpha value is -5.09. The predicted octanol–water partition coefficient (Wildman–Crippen LogP) is 5.22. The van der Waals surface area contributed by atoms with Gasteiger partial charge in [0.1, 0.15) is 5.52 Å². The molecule has 42 heavy (non-hydrogen) atoms. The first-order valence-corrected chi connectivity index (χ1v) is 13.4. The zero-order chi connectivity index (χ0) is 29.7. The summed E-state index contributed by atoms with van der Waals surface area (Å²) in [6.07, 6.45) is 2.53. The highest BCUT2D eigenvalue weighted by Crippen LogP contribution is 2.45. The Labute approximate surface area is 240 Å². The minimum Gasteiger partial charge on any atom is -0.504 e. The number of phenolic OH excluding ortho intramolecular Hbond substituents is 3. The number of pyridine rings is 2.